The largest absolute Gasteiger partial charge is 0.480 e. The van der Waals surface area contributed by atoms with Crippen LogP contribution >= 0.6 is 0 Å². The maximum atomic E-state index is 13.5. The number of likely N-dealkylation sites (tertiary alicyclic amines) is 1. The van der Waals surface area contributed by atoms with E-state index < -0.39 is 5.97 Å². The van der Waals surface area contributed by atoms with Crippen LogP contribution in [0.5, 0.6) is 0 Å². The van der Waals surface area contributed by atoms with Crippen LogP contribution in [-0.2, 0) is 9.59 Å². The molecule has 0 radical (unpaired) electrons. The average Bonchev–Trinajstić information content (AvgIpc) is 2.83. The zero-order chi connectivity index (χ0) is 19.4. The summed E-state index contributed by atoms with van der Waals surface area (Å²) in [5.74, 6) is -1.24. The third kappa shape index (κ3) is 4.84. The smallest absolute Gasteiger partial charge is 0.323 e. The minimum Gasteiger partial charge on any atom is -0.480 e. The summed E-state index contributed by atoms with van der Waals surface area (Å²) in [6, 6.07) is 6.61. The lowest BCUT2D eigenvalue weighted by Crippen LogP contribution is -2.55. The first kappa shape index (κ1) is 19.8. The molecule has 1 aromatic carbocycles. The maximum Gasteiger partial charge on any atom is 0.323 e. The van der Waals surface area contributed by atoms with Crippen LogP contribution in [0.4, 0.5) is 4.39 Å². The number of amides is 1. The molecule has 1 aromatic rings. The Hall–Kier alpha value is -1.99. The summed E-state index contributed by atoms with van der Waals surface area (Å²) < 4.78 is 13.5. The Balaban J connectivity index is 1.60. The SMILES string of the molecule is CC(c1cccc(F)c1)N1CCN(C2CCCCN(CC(=O)O)C2=O)CC1. The highest BCUT2D eigenvalue weighted by molar-refractivity contribution is 5.85. The molecule has 0 bridgehead atoms. The van der Waals surface area contributed by atoms with Crippen molar-refractivity contribution < 1.29 is 19.1 Å². The van der Waals surface area contributed by atoms with Gasteiger partial charge in [0.15, 0.2) is 0 Å². The van der Waals surface area contributed by atoms with E-state index in [2.05, 4.69) is 16.7 Å². The number of rotatable bonds is 5. The molecule has 0 saturated carbocycles. The predicted octanol–water partition coefficient (Wildman–Crippen LogP) is 1.97. The molecule has 148 valence electrons. The third-order valence-electron chi connectivity index (χ3n) is 5.75. The fraction of sp³-hybridized carbons (Fsp3) is 0.600. The van der Waals surface area contributed by atoms with Gasteiger partial charge in [-0.1, -0.05) is 12.1 Å². The summed E-state index contributed by atoms with van der Waals surface area (Å²) in [5.41, 5.74) is 0.960. The van der Waals surface area contributed by atoms with Gasteiger partial charge in [-0.3, -0.25) is 19.4 Å². The Labute approximate surface area is 159 Å². The molecule has 0 spiro atoms. The number of hydrogen-bond donors (Lipinski definition) is 1. The molecule has 2 heterocycles. The number of hydrogen-bond acceptors (Lipinski definition) is 4. The van der Waals surface area contributed by atoms with Gasteiger partial charge in [-0.25, -0.2) is 4.39 Å². The lowest BCUT2D eigenvalue weighted by Gasteiger charge is -2.41. The lowest BCUT2D eigenvalue weighted by atomic mass is 10.0. The molecular formula is C20H28FN3O3. The van der Waals surface area contributed by atoms with E-state index in [1.54, 1.807) is 12.1 Å². The molecule has 2 fully saturated rings. The number of carbonyl (C=O) groups excluding carboxylic acids is 1. The van der Waals surface area contributed by atoms with Crippen molar-refractivity contribution in [3.05, 3.63) is 35.6 Å². The van der Waals surface area contributed by atoms with Crippen molar-refractivity contribution in [3.63, 3.8) is 0 Å². The van der Waals surface area contributed by atoms with Crippen molar-refractivity contribution in [1.29, 1.82) is 0 Å². The Morgan fingerprint density at radius 1 is 1.22 bits per heavy atom. The first-order valence-electron chi connectivity index (χ1n) is 9.70. The second-order valence-corrected chi connectivity index (χ2v) is 7.47. The van der Waals surface area contributed by atoms with E-state index >= 15 is 0 Å². The summed E-state index contributed by atoms with van der Waals surface area (Å²) >= 11 is 0. The molecule has 2 saturated heterocycles. The highest BCUT2D eigenvalue weighted by atomic mass is 19.1. The van der Waals surface area contributed by atoms with Crippen LogP contribution in [0.1, 0.15) is 37.8 Å². The van der Waals surface area contributed by atoms with E-state index in [0.717, 1.165) is 51.0 Å². The van der Waals surface area contributed by atoms with Gasteiger partial charge in [-0.05, 0) is 43.9 Å². The normalized spacial score (nSPS) is 23.9. The number of carbonyl (C=O) groups is 2. The van der Waals surface area contributed by atoms with E-state index in [4.69, 9.17) is 5.11 Å². The fourth-order valence-corrected chi connectivity index (χ4v) is 4.16. The third-order valence-corrected chi connectivity index (χ3v) is 5.75. The molecule has 3 rings (SSSR count). The first-order chi connectivity index (χ1) is 13.0. The number of carboxylic acid groups (broad SMARTS) is 1. The predicted molar refractivity (Wildman–Crippen MR) is 99.8 cm³/mol. The number of aliphatic carboxylic acids is 1. The number of halogens is 1. The maximum absolute atomic E-state index is 13.5. The van der Waals surface area contributed by atoms with Gasteiger partial charge < -0.3 is 10.0 Å². The Bertz CT molecular complexity index is 676. The minimum absolute atomic E-state index is 0.0541. The lowest BCUT2D eigenvalue weighted by molar-refractivity contribution is -0.147. The monoisotopic (exact) mass is 377 g/mol. The zero-order valence-electron chi connectivity index (χ0n) is 15.8. The molecule has 1 N–H and O–H groups in total. The average molecular weight is 377 g/mol. The molecule has 2 aliphatic rings. The molecule has 0 aliphatic carbocycles. The van der Waals surface area contributed by atoms with Gasteiger partial charge in [0.25, 0.3) is 0 Å². The van der Waals surface area contributed by atoms with Crippen LogP contribution in [0, 0.1) is 5.82 Å². The number of benzene rings is 1. The summed E-state index contributed by atoms with van der Waals surface area (Å²) in [4.78, 5) is 29.9. The van der Waals surface area contributed by atoms with Crippen LogP contribution in [0.2, 0.25) is 0 Å². The molecule has 2 unspecified atom stereocenters. The number of piperazine rings is 1. The summed E-state index contributed by atoms with van der Waals surface area (Å²) in [6.07, 6.45) is 2.58. The van der Waals surface area contributed by atoms with Crippen molar-refractivity contribution in [1.82, 2.24) is 14.7 Å². The van der Waals surface area contributed by atoms with Crippen molar-refractivity contribution >= 4 is 11.9 Å². The molecule has 0 aromatic heterocycles. The van der Waals surface area contributed by atoms with E-state index in [1.165, 1.54) is 11.0 Å². The van der Waals surface area contributed by atoms with E-state index in [9.17, 15) is 14.0 Å². The topological polar surface area (TPSA) is 64.1 Å². The second kappa shape index (κ2) is 8.80. The van der Waals surface area contributed by atoms with Gasteiger partial charge >= 0.3 is 5.97 Å². The Morgan fingerprint density at radius 2 is 1.96 bits per heavy atom. The van der Waals surface area contributed by atoms with Crippen LogP contribution in [0.25, 0.3) is 0 Å². The summed E-state index contributed by atoms with van der Waals surface area (Å²) in [6.45, 7) is 5.52. The Morgan fingerprint density at radius 3 is 2.63 bits per heavy atom. The molecule has 7 heteroatoms. The minimum atomic E-state index is -0.960. The van der Waals surface area contributed by atoms with Crippen LogP contribution < -0.4 is 0 Å². The molecule has 1 amide bonds. The van der Waals surface area contributed by atoms with E-state index in [-0.39, 0.29) is 30.4 Å². The second-order valence-electron chi connectivity index (χ2n) is 7.47. The van der Waals surface area contributed by atoms with Gasteiger partial charge in [-0.2, -0.15) is 0 Å². The van der Waals surface area contributed by atoms with E-state index in [1.807, 2.05) is 6.07 Å². The first-order valence-corrected chi connectivity index (χ1v) is 9.70. The van der Waals surface area contributed by atoms with E-state index in [0.29, 0.717) is 6.54 Å². The van der Waals surface area contributed by atoms with Gasteiger partial charge in [0.05, 0.1) is 6.04 Å². The van der Waals surface area contributed by atoms with Gasteiger partial charge in [-0.15, -0.1) is 0 Å². The van der Waals surface area contributed by atoms with Crippen molar-refractivity contribution in [2.24, 2.45) is 0 Å². The molecule has 2 atom stereocenters. The molecular weight excluding hydrogens is 349 g/mol. The Kier molecular flexibility index (Phi) is 6.44. The summed E-state index contributed by atoms with van der Waals surface area (Å²) in [5, 5.41) is 9.05. The summed E-state index contributed by atoms with van der Waals surface area (Å²) in [7, 11) is 0. The fourth-order valence-electron chi connectivity index (χ4n) is 4.16. The van der Waals surface area contributed by atoms with Crippen molar-refractivity contribution in [2.45, 2.75) is 38.3 Å². The van der Waals surface area contributed by atoms with Gasteiger partial charge in [0, 0.05) is 38.8 Å². The standard InChI is InChI=1S/C20H28FN3O3/c1-15(16-5-4-6-17(21)13-16)22-9-11-23(12-10-22)18-7-2-3-8-24(20(18)27)14-19(25)26/h4-6,13,15,18H,2-3,7-12,14H2,1H3,(H,25,26). The van der Waals surface area contributed by atoms with Crippen molar-refractivity contribution in [2.75, 3.05) is 39.3 Å². The zero-order valence-corrected chi connectivity index (χ0v) is 15.8. The number of nitrogens with zero attached hydrogens (tertiary/aromatic N) is 3. The van der Waals surface area contributed by atoms with Crippen LogP contribution in [0.3, 0.4) is 0 Å². The van der Waals surface area contributed by atoms with Crippen LogP contribution in [0.15, 0.2) is 24.3 Å². The highest BCUT2D eigenvalue weighted by Crippen LogP contribution is 2.24. The van der Waals surface area contributed by atoms with Crippen LogP contribution in [-0.4, -0.2) is 77.0 Å². The molecule has 6 nitrogen and oxygen atoms in total. The molecule has 2 aliphatic heterocycles. The highest BCUT2D eigenvalue weighted by Gasteiger charge is 2.34. The van der Waals surface area contributed by atoms with Crippen molar-refractivity contribution in [3.8, 4) is 0 Å². The van der Waals surface area contributed by atoms with Gasteiger partial charge in [0.2, 0.25) is 5.91 Å². The number of carboxylic acids is 1. The quantitative estimate of drug-likeness (QED) is 0.850. The molecule has 27 heavy (non-hydrogen) atoms. The van der Waals surface area contributed by atoms with Gasteiger partial charge in [0.1, 0.15) is 12.4 Å².